The second kappa shape index (κ2) is 8.87. The van der Waals surface area contributed by atoms with Gasteiger partial charge in [-0.2, -0.15) is 0 Å². The standard InChI is InChI=1S/C18H29N5O/c1-2-6-20-18(23-8-3-4-9-23)21-15-16-5-7-19-17(14-16)22-10-12-24-13-11-22/h5,7,14H,2-4,6,8-13,15H2,1H3,(H,20,21). The molecule has 0 saturated carbocycles. The second-order valence-corrected chi connectivity index (χ2v) is 6.38. The second-order valence-electron chi connectivity index (χ2n) is 6.38. The van der Waals surface area contributed by atoms with E-state index in [1.54, 1.807) is 0 Å². The Bertz CT molecular complexity index is 536. The normalized spacial score (nSPS) is 19.0. The molecule has 2 aliphatic heterocycles. The summed E-state index contributed by atoms with van der Waals surface area (Å²) in [5.41, 5.74) is 1.21. The fourth-order valence-corrected chi connectivity index (χ4v) is 3.12. The minimum Gasteiger partial charge on any atom is -0.378 e. The van der Waals surface area contributed by atoms with Crippen LogP contribution in [-0.2, 0) is 11.3 Å². The first-order chi connectivity index (χ1) is 11.9. The van der Waals surface area contributed by atoms with Crippen LogP contribution in [0.1, 0.15) is 31.7 Å². The average Bonchev–Trinajstić information content (AvgIpc) is 3.17. The van der Waals surface area contributed by atoms with Crippen LogP contribution < -0.4 is 10.2 Å². The van der Waals surface area contributed by atoms with Crippen molar-refractivity contribution in [2.75, 3.05) is 50.8 Å². The van der Waals surface area contributed by atoms with E-state index in [0.29, 0.717) is 6.54 Å². The number of rotatable bonds is 5. The number of nitrogens with zero attached hydrogens (tertiary/aromatic N) is 4. The molecule has 0 spiro atoms. The first-order valence-corrected chi connectivity index (χ1v) is 9.17. The third-order valence-electron chi connectivity index (χ3n) is 4.50. The van der Waals surface area contributed by atoms with Crippen LogP contribution in [0.5, 0.6) is 0 Å². The summed E-state index contributed by atoms with van der Waals surface area (Å²) in [6, 6.07) is 4.23. The van der Waals surface area contributed by atoms with Crippen molar-refractivity contribution >= 4 is 11.8 Å². The van der Waals surface area contributed by atoms with Crippen LogP contribution in [0.15, 0.2) is 23.3 Å². The molecule has 0 unspecified atom stereocenters. The summed E-state index contributed by atoms with van der Waals surface area (Å²) in [6.07, 6.45) is 5.54. The maximum Gasteiger partial charge on any atom is 0.194 e. The van der Waals surface area contributed by atoms with Gasteiger partial charge < -0.3 is 19.9 Å². The van der Waals surface area contributed by atoms with Crippen molar-refractivity contribution in [2.45, 2.75) is 32.7 Å². The number of likely N-dealkylation sites (tertiary alicyclic amines) is 1. The lowest BCUT2D eigenvalue weighted by atomic mass is 10.2. The number of aliphatic imine (C=N–C) groups is 1. The van der Waals surface area contributed by atoms with E-state index in [4.69, 9.17) is 9.73 Å². The number of anilines is 1. The molecule has 1 aromatic heterocycles. The summed E-state index contributed by atoms with van der Waals surface area (Å²) < 4.78 is 5.42. The Morgan fingerprint density at radius 3 is 2.79 bits per heavy atom. The molecule has 0 amide bonds. The third kappa shape index (κ3) is 4.60. The van der Waals surface area contributed by atoms with Crippen molar-refractivity contribution in [2.24, 2.45) is 4.99 Å². The number of hydrogen-bond acceptors (Lipinski definition) is 4. The van der Waals surface area contributed by atoms with Gasteiger partial charge in [-0.15, -0.1) is 0 Å². The lowest BCUT2D eigenvalue weighted by molar-refractivity contribution is 0.122. The van der Waals surface area contributed by atoms with E-state index in [9.17, 15) is 0 Å². The zero-order valence-electron chi connectivity index (χ0n) is 14.7. The molecule has 132 valence electrons. The Kier molecular flexibility index (Phi) is 6.29. The molecule has 1 N–H and O–H groups in total. The Hall–Kier alpha value is -1.82. The topological polar surface area (TPSA) is 53.0 Å². The SMILES string of the molecule is CCCNC(=NCc1ccnc(N2CCOCC2)c1)N1CCCC1. The van der Waals surface area contributed by atoms with E-state index in [-0.39, 0.29) is 0 Å². The van der Waals surface area contributed by atoms with Crippen LogP contribution in [-0.4, -0.2) is 61.8 Å². The van der Waals surface area contributed by atoms with E-state index in [0.717, 1.165) is 64.1 Å². The van der Waals surface area contributed by atoms with E-state index in [1.807, 2.05) is 6.20 Å². The molecule has 2 saturated heterocycles. The summed E-state index contributed by atoms with van der Waals surface area (Å²) in [4.78, 5) is 14.0. The number of guanidine groups is 1. The average molecular weight is 331 g/mol. The number of nitrogens with one attached hydrogen (secondary N) is 1. The van der Waals surface area contributed by atoms with Crippen molar-refractivity contribution in [3.8, 4) is 0 Å². The maximum atomic E-state index is 5.42. The van der Waals surface area contributed by atoms with Crippen LogP contribution in [0.25, 0.3) is 0 Å². The minimum absolute atomic E-state index is 0.697. The van der Waals surface area contributed by atoms with E-state index >= 15 is 0 Å². The van der Waals surface area contributed by atoms with Crippen LogP contribution >= 0.6 is 0 Å². The fourth-order valence-electron chi connectivity index (χ4n) is 3.12. The Morgan fingerprint density at radius 1 is 1.25 bits per heavy atom. The Morgan fingerprint density at radius 2 is 2.04 bits per heavy atom. The Balaban J connectivity index is 1.66. The molecule has 0 bridgehead atoms. The van der Waals surface area contributed by atoms with Gasteiger partial charge in [0.1, 0.15) is 5.82 Å². The highest BCUT2D eigenvalue weighted by Crippen LogP contribution is 2.15. The molecular formula is C18H29N5O. The molecule has 0 atom stereocenters. The molecule has 0 aromatic carbocycles. The van der Waals surface area contributed by atoms with Crippen molar-refractivity contribution in [1.29, 1.82) is 0 Å². The third-order valence-corrected chi connectivity index (χ3v) is 4.50. The highest BCUT2D eigenvalue weighted by atomic mass is 16.5. The van der Waals surface area contributed by atoms with E-state index < -0.39 is 0 Å². The van der Waals surface area contributed by atoms with Gasteiger partial charge in [0.15, 0.2) is 5.96 Å². The van der Waals surface area contributed by atoms with Gasteiger partial charge in [0.2, 0.25) is 0 Å². The predicted molar refractivity (Wildman–Crippen MR) is 97.5 cm³/mol. The van der Waals surface area contributed by atoms with Crippen molar-refractivity contribution in [1.82, 2.24) is 15.2 Å². The molecule has 24 heavy (non-hydrogen) atoms. The number of hydrogen-bond donors (Lipinski definition) is 1. The van der Waals surface area contributed by atoms with Gasteiger partial charge in [-0.3, -0.25) is 0 Å². The highest BCUT2D eigenvalue weighted by molar-refractivity contribution is 5.80. The van der Waals surface area contributed by atoms with Gasteiger partial charge in [-0.1, -0.05) is 6.92 Å². The molecule has 0 aliphatic carbocycles. The van der Waals surface area contributed by atoms with Gasteiger partial charge in [-0.25, -0.2) is 9.98 Å². The molecule has 1 aromatic rings. The predicted octanol–water partition coefficient (Wildman–Crippen LogP) is 1.87. The quantitative estimate of drug-likeness (QED) is 0.659. The van der Waals surface area contributed by atoms with Crippen molar-refractivity contribution in [3.63, 3.8) is 0 Å². The van der Waals surface area contributed by atoms with Crippen LogP contribution in [0.2, 0.25) is 0 Å². The molecular weight excluding hydrogens is 302 g/mol. The molecule has 3 heterocycles. The summed E-state index contributed by atoms with van der Waals surface area (Å²) >= 11 is 0. The van der Waals surface area contributed by atoms with Crippen LogP contribution in [0, 0.1) is 0 Å². The first kappa shape index (κ1) is 17.0. The lowest BCUT2D eigenvalue weighted by Crippen LogP contribution is -2.40. The van der Waals surface area contributed by atoms with Gasteiger partial charge >= 0.3 is 0 Å². The van der Waals surface area contributed by atoms with Gasteiger partial charge in [0, 0.05) is 38.9 Å². The summed E-state index contributed by atoms with van der Waals surface area (Å²) in [7, 11) is 0. The zero-order valence-corrected chi connectivity index (χ0v) is 14.7. The molecule has 3 rings (SSSR count). The molecule has 0 radical (unpaired) electrons. The van der Waals surface area contributed by atoms with Crippen LogP contribution in [0.4, 0.5) is 5.82 Å². The Labute approximate surface area is 144 Å². The first-order valence-electron chi connectivity index (χ1n) is 9.17. The van der Waals surface area contributed by atoms with Crippen LogP contribution in [0.3, 0.4) is 0 Å². The van der Waals surface area contributed by atoms with E-state index in [2.05, 4.69) is 39.2 Å². The smallest absolute Gasteiger partial charge is 0.194 e. The van der Waals surface area contributed by atoms with Crippen molar-refractivity contribution in [3.05, 3.63) is 23.9 Å². The summed E-state index contributed by atoms with van der Waals surface area (Å²) in [5.74, 6) is 2.09. The number of ether oxygens (including phenoxy) is 1. The highest BCUT2D eigenvalue weighted by Gasteiger charge is 2.16. The molecule has 2 aliphatic rings. The maximum absolute atomic E-state index is 5.42. The lowest BCUT2D eigenvalue weighted by Gasteiger charge is -2.28. The largest absolute Gasteiger partial charge is 0.378 e. The monoisotopic (exact) mass is 331 g/mol. The number of morpholine rings is 1. The fraction of sp³-hybridized carbons (Fsp3) is 0.667. The van der Waals surface area contributed by atoms with Gasteiger partial charge in [0.25, 0.3) is 0 Å². The summed E-state index contributed by atoms with van der Waals surface area (Å²) in [6.45, 7) is 9.48. The van der Waals surface area contributed by atoms with E-state index in [1.165, 1.54) is 18.4 Å². The zero-order chi connectivity index (χ0) is 16.6. The molecule has 2 fully saturated rings. The minimum atomic E-state index is 0.697. The van der Waals surface area contributed by atoms with Crippen molar-refractivity contribution < 1.29 is 4.74 Å². The summed E-state index contributed by atoms with van der Waals surface area (Å²) in [5, 5.41) is 3.49. The van der Waals surface area contributed by atoms with Gasteiger partial charge in [0.05, 0.1) is 19.8 Å². The molecule has 6 heteroatoms. The number of aromatic nitrogens is 1. The number of pyridine rings is 1. The van der Waals surface area contributed by atoms with Gasteiger partial charge in [-0.05, 0) is 37.0 Å². The molecule has 6 nitrogen and oxygen atoms in total.